The molecular formula is C27H29ClN2O4S. The predicted molar refractivity (Wildman–Crippen MR) is 139 cm³/mol. The minimum absolute atomic E-state index is 0.0222. The highest BCUT2D eigenvalue weighted by Gasteiger charge is 2.23. The molecule has 3 aromatic rings. The maximum atomic E-state index is 13.3. The zero-order chi connectivity index (χ0) is 26.0. The fourth-order valence-corrected chi connectivity index (χ4v) is 4.62. The molecule has 8 heteroatoms. The van der Waals surface area contributed by atoms with Gasteiger partial charge in [0.15, 0.2) is 0 Å². The summed E-state index contributed by atoms with van der Waals surface area (Å²) in [6.07, 6.45) is 1.49. The Balaban J connectivity index is 1.93. The van der Waals surface area contributed by atoms with Crippen LogP contribution < -0.4 is 4.72 Å². The Bertz CT molecular complexity index is 1360. The molecule has 3 rings (SSSR count). The van der Waals surface area contributed by atoms with Crippen LogP contribution in [0.5, 0.6) is 0 Å². The van der Waals surface area contributed by atoms with Gasteiger partial charge in [-0.1, -0.05) is 76.6 Å². The second-order valence-electron chi connectivity index (χ2n) is 9.76. The Morgan fingerprint density at radius 1 is 1.03 bits per heavy atom. The van der Waals surface area contributed by atoms with Crippen molar-refractivity contribution in [1.82, 2.24) is 4.98 Å². The van der Waals surface area contributed by atoms with Crippen molar-refractivity contribution in [3.63, 3.8) is 0 Å². The second-order valence-corrected chi connectivity index (χ2v) is 11.9. The Morgan fingerprint density at radius 2 is 1.69 bits per heavy atom. The minimum atomic E-state index is -4.01. The lowest BCUT2D eigenvalue weighted by molar-refractivity contribution is -0.121. The molecule has 0 fully saturated rings. The average Bonchev–Trinajstić information content (AvgIpc) is 2.78. The molecule has 0 radical (unpaired) electrons. The van der Waals surface area contributed by atoms with Gasteiger partial charge in [0.1, 0.15) is 11.5 Å². The normalized spacial score (nSPS) is 12.0. The van der Waals surface area contributed by atoms with Gasteiger partial charge in [0.05, 0.1) is 15.6 Å². The van der Waals surface area contributed by atoms with Crippen molar-refractivity contribution in [1.29, 1.82) is 0 Å². The van der Waals surface area contributed by atoms with E-state index in [1.807, 2.05) is 34.6 Å². The van der Waals surface area contributed by atoms with Crippen molar-refractivity contribution < 1.29 is 18.0 Å². The third kappa shape index (κ3) is 6.55. The lowest BCUT2D eigenvalue weighted by atomic mass is 9.87. The summed E-state index contributed by atoms with van der Waals surface area (Å²) in [5.74, 6) is -0.544. The van der Waals surface area contributed by atoms with Gasteiger partial charge in [0.2, 0.25) is 5.78 Å². The number of hydrogen-bond donors (Lipinski definition) is 1. The van der Waals surface area contributed by atoms with Crippen LogP contribution in [0.15, 0.2) is 65.7 Å². The molecule has 0 aliphatic rings. The first-order chi connectivity index (χ1) is 16.3. The summed E-state index contributed by atoms with van der Waals surface area (Å²) in [6, 6.07) is 14.6. The van der Waals surface area contributed by atoms with Crippen LogP contribution in [0.2, 0.25) is 5.02 Å². The largest absolute Gasteiger partial charge is 0.299 e. The quantitative estimate of drug-likeness (QED) is 0.383. The molecule has 0 amide bonds. The summed E-state index contributed by atoms with van der Waals surface area (Å²) in [5, 5.41) is 0.179. The van der Waals surface area contributed by atoms with E-state index in [2.05, 4.69) is 9.71 Å². The summed E-state index contributed by atoms with van der Waals surface area (Å²) < 4.78 is 28.7. The van der Waals surface area contributed by atoms with Crippen LogP contribution in [0.4, 0.5) is 5.69 Å². The van der Waals surface area contributed by atoms with Crippen molar-refractivity contribution in [2.45, 2.75) is 51.3 Å². The fraction of sp³-hybridized carbons (Fsp3) is 0.296. The van der Waals surface area contributed by atoms with E-state index in [0.717, 1.165) is 5.56 Å². The molecule has 0 atom stereocenters. The van der Waals surface area contributed by atoms with Gasteiger partial charge >= 0.3 is 0 Å². The molecule has 1 heterocycles. The zero-order valence-corrected chi connectivity index (χ0v) is 22.0. The number of rotatable bonds is 8. The number of pyridine rings is 1. The highest BCUT2D eigenvalue weighted by atomic mass is 35.5. The molecule has 0 saturated heterocycles. The maximum absolute atomic E-state index is 13.3. The molecule has 0 spiro atoms. The number of benzene rings is 2. The van der Waals surface area contributed by atoms with Gasteiger partial charge in [0, 0.05) is 24.1 Å². The van der Waals surface area contributed by atoms with E-state index < -0.39 is 15.8 Å². The zero-order valence-electron chi connectivity index (χ0n) is 20.4. The Kier molecular flexibility index (Phi) is 7.82. The van der Waals surface area contributed by atoms with Gasteiger partial charge in [-0.2, -0.15) is 0 Å². The van der Waals surface area contributed by atoms with Gasteiger partial charge in [-0.05, 0) is 40.8 Å². The fourth-order valence-electron chi connectivity index (χ4n) is 3.40. The van der Waals surface area contributed by atoms with Gasteiger partial charge in [-0.15, -0.1) is 0 Å². The highest BCUT2D eigenvalue weighted by Crippen LogP contribution is 2.27. The third-order valence-electron chi connectivity index (χ3n) is 5.56. The van der Waals surface area contributed by atoms with Crippen LogP contribution >= 0.6 is 11.6 Å². The number of carbonyl (C=O) groups excluding carboxylic acids is 2. The monoisotopic (exact) mass is 512 g/mol. The van der Waals surface area contributed by atoms with Crippen molar-refractivity contribution in [3.8, 4) is 0 Å². The number of halogens is 1. The summed E-state index contributed by atoms with van der Waals surface area (Å²) in [4.78, 5) is 29.6. The van der Waals surface area contributed by atoms with Crippen LogP contribution in [0.1, 0.15) is 61.8 Å². The number of anilines is 1. The van der Waals surface area contributed by atoms with Crippen molar-refractivity contribution in [2.75, 3.05) is 4.72 Å². The number of Topliss-reactive ketones (excluding diaryl/α,β-unsaturated/α-hetero) is 1. The molecular weight excluding hydrogens is 484 g/mol. The number of aromatic nitrogens is 1. The number of nitrogens with one attached hydrogen (secondary N) is 1. The topological polar surface area (TPSA) is 93.2 Å². The number of hydrogen-bond acceptors (Lipinski definition) is 5. The molecule has 1 N–H and O–H groups in total. The Morgan fingerprint density at radius 3 is 2.29 bits per heavy atom. The molecule has 0 aliphatic carbocycles. The molecule has 0 saturated carbocycles. The van der Waals surface area contributed by atoms with Crippen LogP contribution in [-0.4, -0.2) is 25.0 Å². The molecule has 1 aromatic heterocycles. The summed E-state index contributed by atoms with van der Waals surface area (Å²) in [7, 11) is -4.01. The van der Waals surface area contributed by atoms with Crippen LogP contribution in [0.3, 0.4) is 0 Å². The van der Waals surface area contributed by atoms with Crippen LogP contribution in [-0.2, 0) is 26.7 Å². The first kappa shape index (κ1) is 26.6. The third-order valence-corrected chi connectivity index (χ3v) is 7.14. The van der Waals surface area contributed by atoms with Gasteiger partial charge < -0.3 is 0 Å². The Labute approximate surface area is 211 Å². The SMILES string of the molecule is CC(C)C(=O)Cc1cccc(C(=O)c2ncc(Cl)cc2NS(=O)(=O)c2ccc(C(C)(C)C)cc2)c1. The molecule has 0 bridgehead atoms. The Hall–Kier alpha value is -3.03. The molecule has 184 valence electrons. The lowest BCUT2D eigenvalue weighted by Gasteiger charge is -2.19. The maximum Gasteiger partial charge on any atom is 0.261 e. The summed E-state index contributed by atoms with van der Waals surface area (Å²) in [6.45, 7) is 9.77. The molecule has 35 heavy (non-hydrogen) atoms. The van der Waals surface area contributed by atoms with Crippen molar-refractivity contribution in [3.05, 3.63) is 88.2 Å². The molecule has 0 unspecified atom stereocenters. The standard InChI is InChI=1S/C27H29ClN2O4S/c1-17(2)24(31)14-18-7-6-8-19(13-18)26(32)25-23(15-21(28)16-29-25)30-35(33,34)22-11-9-20(10-12-22)27(3,4)5/h6-13,15-17,30H,14H2,1-5H3. The van der Waals surface area contributed by atoms with E-state index >= 15 is 0 Å². The van der Waals surface area contributed by atoms with E-state index in [1.54, 1.807) is 36.4 Å². The number of ketones is 2. The van der Waals surface area contributed by atoms with Crippen LogP contribution in [0.25, 0.3) is 0 Å². The average molecular weight is 513 g/mol. The first-order valence-electron chi connectivity index (χ1n) is 11.2. The molecule has 0 aliphatic heterocycles. The van der Waals surface area contributed by atoms with Gasteiger partial charge in [-0.3, -0.25) is 14.3 Å². The van der Waals surface area contributed by atoms with Crippen molar-refractivity contribution >= 4 is 38.9 Å². The summed E-state index contributed by atoms with van der Waals surface area (Å²) >= 11 is 6.08. The van der Waals surface area contributed by atoms with E-state index in [4.69, 9.17) is 11.6 Å². The molecule has 6 nitrogen and oxygen atoms in total. The van der Waals surface area contributed by atoms with Crippen LogP contribution in [0, 0.1) is 5.92 Å². The van der Waals surface area contributed by atoms with Gasteiger partial charge in [-0.25, -0.2) is 13.4 Å². The second kappa shape index (κ2) is 10.3. The van der Waals surface area contributed by atoms with E-state index in [1.165, 1.54) is 24.4 Å². The lowest BCUT2D eigenvalue weighted by Crippen LogP contribution is -2.18. The smallest absolute Gasteiger partial charge is 0.261 e. The van der Waals surface area contributed by atoms with Gasteiger partial charge in [0.25, 0.3) is 10.0 Å². The summed E-state index contributed by atoms with van der Waals surface area (Å²) in [5.41, 5.74) is 1.75. The van der Waals surface area contributed by atoms with Crippen molar-refractivity contribution in [2.24, 2.45) is 5.92 Å². The number of sulfonamides is 1. The molecule has 2 aromatic carbocycles. The number of carbonyl (C=O) groups is 2. The van der Waals surface area contributed by atoms with E-state index in [9.17, 15) is 18.0 Å². The predicted octanol–water partition coefficient (Wildman–Crippen LogP) is 5.83. The van der Waals surface area contributed by atoms with E-state index in [0.29, 0.717) is 11.1 Å². The minimum Gasteiger partial charge on any atom is -0.299 e. The highest BCUT2D eigenvalue weighted by molar-refractivity contribution is 7.92. The number of nitrogens with zero attached hydrogens (tertiary/aromatic N) is 1. The first-order valence-corrected chi connectivity index (χ1v) is 13.1. The van der Waals surface area contributed by atoms with E-state index in [-0.39, 0.29) is 44.8 Å².